The lowest BCUT2D eigenvalue weighted by atomic mass is 9.99. The number of carbonyl (C=O) groups is 7. The Hall–Kier alpha value is -5.47. The second-order valence-corrected chi connectivity index (χ2v) is 16.6. The van der Waals surface area contributed by atoms with Crippen molar-refractivity contribution in [2.75, 3.05) is 44.7 Å². The van der Waals surface area contributed by atoms with E-state index in [1.165, 1.54) is 14.7 Å². The van der Waals surface area contributed by atoms with Gasteiger partial charge in [0.25, 0.3) is 0 Å². The molecule has 1 unspecified atom stereocenters. The van der Waals surface area contributed by atoms with Gasteiger partial charge < -0.3 is 40.3 Å². The topological polar surface area (TPSA) is 178 Å². The molecule has 0 bridgehead atoms. The molecule has 0 radical (unpaired) electrons. The number of anilines is 1. The molecule has 6 amide bonds. The lowest BCUT2D eigenvalue weighted by Gasteiger charge is -2.39. The van der Waals surface area contributed by atoms with Gasteiger partial charge in [0.1, 0.15) is 42.9 Å². The van der Waals surface area contributed by atoms with Crippen molar-refractivity contribution in [3.05, 3.63) is 65.2 Å². The maximum absolute atomic E-state index is 14.6. The smallest absolute Gasteiger partial charge is 0.328 e. The van der Waals surface area contributed by atoms with Crippen molar-refractivity contribution in [3.63, 3.8) is 0 Å². The van der Waals surface area contributed by atoms with E-state index in [2.05, 4.69) is 20.9 Å². The first-order valence-corrected chi connectivity index (χ1v) is 20.7. The zero-order valence-electron chi connectivity index (χ0n) is 33.6. The molecule has 2 aromatic rings. The lowest BCUT2D eigenvalue weighted by molar-refractivity contribution is -0.158. The van der Waals surface area contributed by atoms with Crippen LogP contribution >= 0.6 is 0 Å². The third-order valence-electron chi connectivity index (χ3n) is 12.3. The molecule has 2 aromatic carbocycles. The highest BCUT2D eigenvalue weighted by Crippen LogP contribution is 2.29. The van der Waals surface area contributed by atoms with Crippen molar-refractivity contribution in [1.29, 1.82) is 0 Å². The van der Waals surface area contributed by atoms with E-state index in [1.807, 2.05) is 62.5 Å². The summed E-state index contributed by atoms with van der Waals surface area (Å²) in [5.41, 5.74) is 3.88. The van der Waals surface area contributed by atoms with Gasteiger partial charge in [0.05, 0.1) is 6.42 Å². The molecular weight excluding hydrogens is 743 g/mol. The molecule has 5 heterocycles. The first-order chi connectivity index (χ1) is 27.9. The van der Waals surface area contributed by atoms with Crippen molar-refractivity contribution < 1.29 is 38.3 Å². The van der Waals surface area contributed by atoms with E-state index in [0.717, 1.165) is 41.8 Å². The Kier molecular flexibility index (Phi) is 12.3. The number of esters is 1. The van der Waals surface area contributed by atoms with E-state index in [0.29, 0.717) is 38.6 Å². The third kappa shape index (κ3) is 8.82. The molecule has 0 spiro atoms. The van der Waals surface area contributed by atoms with E-state index < -0.39 is 72.5 Å². The fourth-order valence-corrected chi connectivity index (χ4v) is 9.21. The van der Waals surface area contributed by atoms with Gasteiger partial charge in [-0.15, -0.1) is 0 Å². The second kappa shape index (κ2) is 17.6. The molecule has 7 atom stereocenters. The number of amides is 6. The van der Waals surface area contributed by atoms with Crippen LogP contribution in [0, 0.1) is 5.92 Å². The van der Waals surface area contributed by atoms with Gasteiger partial charge in [0.2, 0.25) is 35.4 Å². The summed E-state index contributed by atoms with van der Waals surface area (Å²) < 4.78 is 5.79. The predicted molar refractivity (Wildman–Crippen MR) is 213 cm³/mol. The van der Waals surface area contributed by atoms with Gasteiger partial charge in [-0.2, -0.15) is 0 Å². The second-order valence-electron chi connectivity index (χ2n) is 16.6. The van der Waals surface area contributed by atoms with Crippen molar-refractivity contribution >= 4 is 47.1 Å². The minimum atomic E-state index is -1.41. The van der Waals surface area contributed by atoms with Crippen LogP contribution in [0.3, 0.4) is 0 Å². The van der Waals surface area contributed by atoms with Crippen LogP contribution in [-0.2, 0) is 57.6 Å². The number of nitrogens with one attached hydrogen (secondary N) is 3. The van der Waals surface area contributed by atoms with Crippen molar-refractivity contribution in [2.45, 2.75) is 108 Å². The molecule has 0 saturated carbocycles. The van der Waals surface area contributed by atoms with Gasteiger partial charge in [0.15, 0.2) is 0 Å². The predicted octanol–water partition coefficient (Wildman–Crippen LogP) is 1.10. The Morgan fingerprint density at radius 2 is 1.57 bits per heavy atom. The van der Waals surface area contributed by atoms with E-state index in [1.54, 1.807) is 6.92 Å². The summed E-state index contributed by atoms with van der Waals surface area (Å²) in [7, 11) is 2.03. The SMILES string of the molecule is C[C@@H]1CC2C(=O)OC[C@H](NC(=O)[C@H](Cc3ccccc3)NC(=O)Cc3ccc4c(c3)CCN4C)C(=O)N3CCC[C@H]3C(=O)N3CCCC[C@H]3C(=O)N[C@@H](C)C(=O)N2C1. The van der Waals surface area contributed by atoms with Gasteiger partial charge in [-0.05, 0) is 80.5 Å². The van der Waals surface area contributed by atoms with Crippen molar-refractivity contribution in [1.82, 2.24) is 30.7 Å². The summed E-state index contributed by atoms with van der Waals surface area (Å²) in [5.74, 6) is -3.71. The number of fused-ring (bicyclic) bond motifs is 4. The van der Waals surface area contributed by atoms with Gasteiger partial charge in [0, 0.05) is 45.3 Å². The molecule has 5 aliphatic heterocycles. The summed E-state index contributed by atoms with van der Waals surface area (Å²) in [6, 6.07) is 8.96. The minimum absolute atomic E-state index is 0.0380. The first kappa shape index (κ1) is 40.7. The number of likely N-dealkylation sites (N-methyl/N-ethyl adjacent to an activating group) is 1. The highest BCUT2D eigenvalue weighted by atomic mass is 16.5. The summed E-state index contributed by atoms with van der Waals surface area (Å²) in [6.45, 7) is 4.64. The number of hydrogen-bond acceptors (Lipinski definition) is 9. The van der Waals surface area contributed by atoms with Crippen LogP contribution in [0.4, 0.5) is 5.69 Å². The standard InChI is InChI=1S/C43H55N7O8/c1-26-20-36-43(57)58-25-32(41(55)49-18-9-13-35(49)42(56)48-17-8-7-12-34(48)39(53)44-27(2)40(54)50(36)24-26)46-38(52)31(22-28-10-5-4-6-11-28)45-37(51)23-29-14-15-33-30(21-29)16-19-47(33)3/h4-6,10-11,14-15,21,26-27,31-32,34-36H,7-9,12-13,16-20,22-25H2,1-3H3,(H,44,53)(H,45,51)(H,46,52)/t26-,27+,31+,32+,34+,35+,36?/m1/s1. The maximum atomic E-state index is 14.6. The lowest BCUT2D eigenvalue weighted by Crippen LogP contribution is -2.62. The van der Waals surface area contributed by atoms with Crippen LogP contribution in [0.25, 0.3) is 0 Å². The van der Waals surface area contributed by atoms with Gasteiger partial charge in [-0.25, -0.2) is 4.79 Å². The molecule has 15 heteroatoms. The van der Waals surface area contributed by atoms with E-state index >= 15 is 0 Å². The molecule has 4 saturated heterocycles. The molecule has 15 nitrogen and oxygen atoms in total. The molecule has 7 rings (SSSR count). The highest BCUT2D eigenvalue weighted by Gasteiger charge is 2.46. The molecule has 0 aromatic heterocycles. The Balaban J connectivity index is 1.16. The average Bonchev–Trinajstić information content (AvgIpc) is 3.96. The summed E-state index contributed by atoms with van der Waals surface area (Å²) >= 11 is 0. The molecule has 5 aliphatic rings. The number of rotatable bonds is 7. The number of hydrogen-bond donors (Lipinski definition) is 3. The number of cyclic esters (lactones) is 1. The Bertz CT molecular complexity index is 1920. The summed E-state index contributed by atoms with van der Waals surface area (Å²) in [6.07, 6.45) is 4.03. The van der Waals surface area contributed by atoms with Gasteiger partial charge >= 0.3 is 5.97 Å². The molecule has 3 N–H and O–H groups in total. The Morgan fingerprint density at radius 3 is 2.36 bits per heavy atom. The van der Waals surface area contributed by atoms with Crippen LogP contribution in [-0.4, -0.2) is 132 Å². The van der Waals surface area contributed by atoms with E-state index in [4.69, 9.17) is 4.74 Å². The van der Waals surface area contributed by atoms with Crippen molar-refractivity contribution in [3.8, 4) is 0 Å². The zero-order chi connectivity index (χ0) is 41.1. The zero-order valence-corrected chi connectivity index (χ0v) is 33.6. The average molecular weight is 798 g/mol. The quantitative estimate of drug-likeness (QED) is 0.347. The minimum Gasteiger partial charge on any atom is -0.461 e. The number of carbonyl (C=O) groups excluding carboxylic acids is 7. The monoisotopic (exact) mass is 797 g/mol. The van der Waals surface area contributed by atoms with Crippen LogP contribution in [0.2, 0.25) is 0 Å². The Labute approximate surface area is 339 Å². The number of piperidine rings is 1. The normalized spacial score (nSPS) is 27.3. The number of benzene rings is 2. The number of ether oxygens (including phenoxy) is 1. The summed E-state index contributed by atoms with van der Waals surface area (Å²) in [5, 5.41) is 8.49. The fraction of sp³-hybridized carbons (Fsp3) is 0.558. The third-order valence-corrected chi connectivity index (χ3v) is 12.3. The van der Waals surface area contributed by atoms with Crippen LogP contribution in [0.1, 0.15) is 69.1 Å². The van der Waals surface area contributed by atoms with Crippen LogP contribution in [0.5, 0.6) is 0 Å². The highest BCUT2D eigenvalue weighted by molar-refractivity contribution is 5.98. The molecule has 310 valence electrons. The van der Waals surface area contributed by atoms with E-state index in [-0.39, 0.29) is 43.7 Å². The molecular formula is C43H55N7O8. The first-order valence-electron chi connectivity index (χ1n) is 20.7. The molecule has 4 fully saturated rings. The van der Waals surface area contributed by atoms with E-state index in [9.17, 15) is 33.6 Å². The number of nitrogens with zero attached hydrogens (tertiary/aromatic N) is 4. The van der Waals surface area contributed by atoms with Gasteiger partial charge in [-0.3, -0.25) is 28.8 Å². The Morgan fingerprint density at radius 1 is 0.828 bits per heavy atom. The molecule has 58 heavy (non-hydrogen) atoms. The maximum Gasteiger partial charge on any atom is 0.328 e. The van der Waals surface area contributed by atoms with Crippen LogP contribution in [0.15, 0.2) is 48.5 Å². The largest absolute Gasteiger partial charge is 0.461 e. The fourth-order valence-electron chi connectivity index (χ4n) is 9.21. The summed E-state index contributed by atoms with van der Waals surface area (Å²) in [4.78, 5) is 105. The molecule has 0 aliphatic carbocycles. The van der Waals surface area contributed by atoms with Crippen molar-refractivity contribution in [2.24, 2.45) is 5.92 Å². The van der Waals surface area contributed by atoms with Crippen LogP contribution < -0.4 is 20.9 Å². The van der Waals surface area contributed by atoms with Gasteiger partial charge in [-0.1, -0.05) is 49.4 Å².